The summed E-state index contributed by atoms with van der Waals surface area (Å²) < 4.78 is 5.56. The van der Waals surface area contributed by atoms with Gasteiger partial charge in [0.15, 0.2) is 6.10 Å². The molecule has 1 atom stereocenters. The van der Waals surface area contributed by atoms with E-state index < -0.39 is 6.10 Å². The van der Waals surface area contributed by atoms with Gasteiger partial charge in [-0.2, -0.15) is 5.26 Å². The number of anilines is 1. The van der Waals surface area contributed by atoms with Crippen molar-refractivity contribution in [2.75, 3.05) is 5.32 Å². The summed E-state index contributed by atoms with van der Waals surface area (Å²) in [6.07, 6.45) is -0.229. The summed E-state index contributed by atoms with van der Waals surface area (Å²) in [4.78, 5) is 12.0. The Bertz CT molecular complexity index is 630. The van der Waals surface area contributed by atoms with Crippen LogP contribution in [0.2, 0.25) is 0 Å². The summed E-state index contributed by atoms with van der Waals surface area (Å²) in [5.41, 5.74) is 1.61. The van der Waals surface area contributed by atoms with Gasteiger partial charge in [0.1, 0.15) is 5.75 Å². The van der Waals surface area contributed by atoms with Gasteiger partial charge in [0.25, 0.3) is 5.91 Å². The Kier molecular flexibility index (Phi) is 4.94. The molecule has 0 saturated carbocycles. The molecular formula is C17H16N2O2. The smallest absolute Gasteiger partial charge is 0.265 e. The minimum Gasteiger partial charge on any atom is -0.481 e. The van der Waals surface area contributed by atoms with Crippen LogP contribution in [-0.4, -0.2) is 12.0 Å². The van der Waals surface area contributed by atoms with E-state index in [9.17, 15) is 4.79 Å². The lowest BCUT2D eigenvalue weighted by Crippen LogP contribution is -2.30. The fourth-order valence-electron chi connectivity index (χ4n) is 1.80. The first kappa shape index (κ1) is 14.6. The lowest BCUT2D eigenvalue weighted by Gasteiger charge is -2.14. The third-order valence-electron chi connectivity index (χ3n) is 2.93. The zero-order valence-electron chi connectivity index (χ0n) is 11.7. The van der Waals surface area contributed by atoms with Crippen LogP contribution >= 0.6 is 0 Å². The van der Waals surface area contributed by atoms with Crippen LogP contribution < -0.4 is 10.1 Å². The number of rotatable bonds is 5. The zero-order chi connectivity index (χ0) is 15.1. The number of carbonyl (C=O) groups is 1. The first-order valence-electron chi connectivity index (χ1n) is 6.67. The molecule has 0 radical (unpaired) electrons. The molecule has 106 valence electrons. The van der Waals surface area contributed by atoms with Gasteiger partial charge < -0.3 is 10.1 Å². The molecule has 2 rings (SSSR count). The number of ether oxygens (including phenoxy) is 1. The Balaban J connectivity index is 1.93. The number of nitrogens with one attached hydrogen (secondary N) is 1. The number of carbonyl (C=O) groups excluding carboxylic acids is 1. The maximum absolute atomic E-state index is 12.0. The largest absolute Gasteiger partial charge is 0.481 e. The first-order valence-corrected chi connectivity index (χ1v) is 6.67. The summed E-state index contributed by atoms with van der Waals surface area (Å²) in [7, 11) is 0. The Morgan fingerprint density at radius 3 is 2.48 bits per heavy atom. The first-order chi connectivity index (χ1) is 10.2. The maximum Gasteiger partial charge on any atom is 0.265 e. The van der Waals surface area contributed by atoms with Crippen molar-refractivity contribution in [2.45, 2.75) is 19.4 Å². The van der Waals surface area contributed by atoms with E-state index in [4.69, 9.17) is 10.00 Å². The number of hydrogen-bond donors (Lipinski definition) is 1. The third kappa shape index (κ3) is 4.36. The zero-order valence-corrected chi connectivity index (χ0v) is 11.7. The number of benzene rings is 2. The SMILES string of the molecule is CC(Oc1ccccc1)C(=O)Nc1ccc(CC#N)cc1. The summed E-state index contributed by atoms with van der Waals surface area (Å²) in [5, 5.41) is 11.4. The molecule has 0 bridgehead atoms. The fourth-order valence-corrected chi connectivity index (χ4v) is 1.80. The van der Waals surface area contributed by atoms with Gasteiger partial charge in [0.2, 0.25) is 0 Å². The van der Waals surface area contributed by atoms with Gasteiger partial charge in [-0.1, -0.05) is 30.3 Å². The van der Waals surface area contributed by atoms with Crippen LogP contribution in [0, 0.1) is 11.3 Å². The Labute approximate surface area is 124 Å². The van der Waals surface area contributed by atoms with E-state index >= 15 is 0 Å². The van der Waals surface area contributed by atoms with Gasteiger partial charge >= 0.3 is 0 Å². The number of amides is 1. The molecule has 1 N–H and O–H groups in total. The van der Waals surface area contributed by atoms with Crippen LogP contribution in [0.25, 0.3) is 0 Å². The van der Waals surface area contributed by atoms with Gasteiger partial charge in [-0.3, -0.25) is 4.79 Å². The molecule has 0 fully saturated rings. The van der Waals surface area contributed by atoms with Crippen LogP contribution in [0.15, 0.2) is 54.6 Å². The van der Waals surface area contributed by atoms with Crippen molar-refractivity contribution in [2.24, 2.45) is 0 Å². The number of hydrogen-bond acceptors (Lipinski definition) is 3. The van der Waals surface area contributed by atoms with Crippen molar-refractivity contribution >= 4 is 11.6 Å². The van der Waals surface area contributed by atoms with Crippen molar-refractivity contribution in [3.63, 3.8) is 0 Å². The maximum atomic E-state index is 12.0. The highest BCUT2D eigenvalue weighted by atomic mass is 16.5. The molecule has 0 aliphatic heterocycles. The Morgan fingerprint density at radius 1 is 1.19 bits per heavy atom. The predicted molar refractivity (Wildman–Crippen MR) is 80.9 cm³/mol. The normalized spacial score (nSPS) is 11.2. The van der Waals surface area contributed by atoms with E-state index in [0.717, 1.165) is 5.56 Å². The van der Waals surface area contributed by atoms with Crippen molar-refractivity contribution in [1.29, 1.82) is 5.26 Å². The summed E-state index contributed by atoms with van der Waals surface area (Å²) in [6, 6.07) is 18.5. The Hall–Kier alpha value is -2.80. The quantitative estimate of drug-likeness (QED) is 0.915. The van der Waals surface area contributed by atoms with Crippen molar-refractivity contribution in [3.05, 3.63) is 60.2 Å². The average Bonchev–Trinajstić information content (AvgIpc) is 2.50. The van der Waals surface area contributed by atoms with E-state index in [-0.39, 0.29) is 5.91 Å². The second-order valence-corrected chi connectivity index (χ2v) is 4.59. The van der Waals surface area contributed by atoms with E-state index in [1.165, 1.54) is 0 Å². The van der Waals surface area contributed by atoms with Crippen LogP contribution in [0.4, 0.5) is 5.69 Å². The van der Waals surface area contributed by atoms with Crippen LogP contribution in [0.5, 0.6) is 5.75 Å². The highest BCUT2D eigenvalue weighted by Crippen LogP contribution is 2.13. The average molecular weight is 280 g/mol. The molecular weight excluding hydrogens is 264 g/mol. The van der Waals surface area contributed by atoms with Crippen molar-refractivity contribution in [1.82, 2.24) is 0 Å². The molecule has 1 amide bonds. The minimum absolute atomic E-state index is 0.216. The highest BCUT2D eigenvalue weighted by Gasteiger charge is 2.14. The molecule has 21 heavy (non-hydrogen) atoms. The van der Waals surface area contributed by atoms with Gasteiger partial charge in [0.05, 0.1) is 12.5 Å². The molecule has 0 saturated heterocycles. The van der Waals surface area contributed by atoms with Crippen LogP contribution in [0.3, 0.4) is 0 Å². The summed E-state index contributed by atoms with van der Waals surface area (Å²) in [6.45, 7) is 1.70. The number of nitrogens with zero attached hydrogens (tertiary/aromatic N) is 1. The predicted octanol–water partition coefficient (Wildman–Crippen LogP) is 3.16. The van der Waals surface area contributed by atoms with E-state index in [1.807, 2.05) is 30.3 Å². The number of nitriles is 1. The molecule has 2 aromatic rings. The molecule has 0 heterocycles. The molecule has 4 heteroatoms. The second-order valence-electron chi connectivity index (χ2n) is 4.59. The van der Waals surface area contributed by atoms with E-state index in [1.54, 1.807) is 31.2 Å². The molecule has 2 aromatic carbocycles. The summed E-state index contributed by atoms with van der Waals surface area (Å²) in [5.74, 6) is 0.441. The van der Waals surface area contributed by atoms with Crippen LogP contribution in [-0.2, 0) is 11.2 Å². The molecule has 1 unspecified atom stereocenters. The molecule has 0 aromatic heterocycles. The van der Waals surface area contributed by atoms with Gasteiger partial charge in [-0.25, -0.2) is 0 Å². The number of para-hydroxylation sites is 1. The molecule has 0 aliphatic rings. The lowest BCUT2D eigenvalue weighted by molar-refractivity contribution is -0.122. The molecule has 0 spiro atoms. The van der Waals surface area contributed by atoms with Gasteiger partial charge in [0, 0.05) is 5.69 Å². The fraction of sp³-hybridized carbons (Fsp3) is 0.176. The van der Waals surface area contributed by atoms with E-state index in [0.29, 0.717) is 17.9 Å². The third-order valence-corrected chi connectivity index (χ3v) is 2.93. The van der Waals surface area contributed by atoms with E-state index in [2.05, 4.69) is 11.4 Å². The van der Waals surface area contributed by atoms with Gasteiger partial charge in [-0.15, -0.1) is 0 Å². The summed E-state index contributed by atoms with van der Waals surface area (Å²) >= 11 is 0. The second kappa shape index (κ2) is 7.11. The Morgan fingerprint density at radius 2 is 1.86 bits per heavy atom. The lowest BCUT2D eigenvalue weighted by atomic mass is 10.1. The molecule has 4 nitrogen and oxygen atoms in total. The van der Waals surface area contributed by atoms with Gasteiger partial charge in [-0.05, 0) is 36.8 Å². The standard InChI is InChI=1S/C17H16N2O2/c1-13(21-16-5-3-2-4-6-16)17(20)19-15-9-7-14(8-10-15)11-12-18/h2-10,13H,11H2,1H3,(H,19,20). The van der Waals surface area contributed by atoms with Crippen LogP contribution in [0.1, 0.15) is 12.5 Å². The van der Waals surface area contributed by atoms with Crippen molar-refractivity contribution < 1.29 is 9.53 Å². The molecule has 0 aliphatic carbocycles. The highest BCUT2D eigenvalue weighted by molar-refractivity contribution is 5.94. The monoisotopic (exact) mass is 280 g/mol. The minimum atomic E-state index is -0.591. The topological polar surface area (TPSA) is 62.1 Å². The van der Waals surface area contributed by atoms with Crippen molar-refractivity contribution in [3.8, 4) is 11.8 Å².